The summed E-state index contributed by atoms with van der Waals surface area (Å²) in [6.45, 7) is 4.78. The van der Waals surface area contributed by atoms with E-state index in [0.29, 0.717) is 37.2 Å². The van der Waals surface area contributed by atoms with Gasteiger partial charge in [-0.05, 0) is 59.6 Å². The third-order valence-electron chi connectivity index (χ3n) is 4.41. The van der Waals surface area contributed by atoms with Crippen LogP contribution in [0.4, 0.5) is 0 Å². The van der Waals surface area contributed by atoms with Crippen molar-refractivity contribution in [1.82, 2.24) is 4.57 Å². The molecule has 0 bridgehead atoms. The molecule has 3 rings (SSSR count). The molecule has 4 nitrogen and oxygen atoms in total. The number of halogens is 3. The number of methoxy groups -OCH3 is 1. The second kappa shape index (κ2) is 9.47. The molecule has 0 fully saturated rings. The lowest BCUT2D eigenvalue weighted by molar-refractivity contribution is 0.0997. The molecule has 0 atom stereocenters. The van der Waals surface area contributed by atoms with Gasteiger partial charge < -0.3 is 9.30 Å². The summed E-state index contributed by atoms with van der Waals surface area (Å²) in [4.78, 5) is 19.0. The van der Waals surface area contributed by atoms with Crippen LogP contribution in [0.25, 0.3) is 11.3 Å². The molecule has 0 saturated heterocycles. The van der Waals surface area contributed by atoms with E-state index in [4.69, 9.17) is 27.9 Å². The average Bonchev–Trinajstić information content (AvgIpc) is 3.07. The maximum Gasteiger partial charge on any atom is 0.279 e. The number of aryl methyl sites for hydroxylation is 1. The molecule has 0 aliphatic heterocycles. The van der Waals surface area contributed by atoms with Crippen LogP contribution in [0.3, 0.4) is 0 Å². The van der Waals surface area contributed by atoms with Crippen LogP contribution in [0.15, 0.2) is 45.9 Å². The van der Waals surface area contributed by atoms with E-state index in [9.17, 15) is 4.79 Å². The van der Waals surface area contributed by atoms with E-state index in [1.54, 1.807) is 31.4 Å². The first-order valence-corrected chi connectivity index (χ1v) is 11.4. The molecule has 0 aliphatic carbocycles. The number of carbonyl (C=O) groups excluding carboxylic acids is 1. The van der Waals surface area contributed by atoms with Crippen molar-refractivity contribution in [2.45, 2.75) is 26.8 Å². The highest BCUT2D eigenvalue weighted by atomic mass is 79.9. The average molecular weight is 514 g/mol. The second-order valence-corrected chi connectivity index (χ2v) is 8.88. The number of nitrogens with zero attached hydrogens (tertiary/aromatic N) is 2. The van der Waals surface area contributed by atoms with E-state index >= 15 is 0 Å². The highest BCUT2D eigenvalue weighted by Gasteiger charge is 2.16. The quantitative estimate of drug-likeness (QED) is 0.384. The number of aromatic nitrogens is 1. The van der Waals surface area contributed by atoms with Crippen LogP contribution in [0.2, 0.25) is 10.0 Å². The van der Waals surface area contributed by atoms with E-state index < -0.39 is 0 Å². The van der Waals surface area contributed by atoms with Crippen LogP contribution < -0.4 is 9.54 Å². The van der Waals surface area contributed by atoms with Crippen molar-refractivity contribution >= 4 is 56.4 Å². The minimum atomic E-state index is -0.305. The van der Waals surface area contributed by atoms with Gasteiger partial charge in [-0.15, -0.1) is 11.3 Å². The zero-order chi connectivity index (χ0) is 21.1. The summed E-state index contributed by atoms with van der Waals surface area (Å²) in [6.07, 6.45) is 0.817. The lowest BCUT2D eigenvalue weighted by Crippen LogP contribution is -2.17. The lowest BCUT2D eigenvalue weighted by Gasteiger charge is -2.09. The number of hydrogen-bond donors (Lipinski definition) is 0. The van der Waals surface area contributed by atoms with E-state index in [1.807, 2.05) is 23.6 Å². The standard InChI is InChI=1S/C21H19BrCl2N2O2S/c1-4-18-19(12-6-8-15(23)16(24)11-12)26(5-2)21(29-18)25-20(27)13-7-9-17(28-3)14(22)10-13/h6-11H,4-5H2,1-3H3. The van der Waals surface area contributed by atoms with E-state index in [2.05, 4.69) is 27.8 Å². The predicted molar refractivity (Wildman–Crippen MR) is 123 cm³/mol. The third kappa shape index (κ3) is 4.61. The van der Waals surface area contributed by atoms with Gasteiger partial charge in [0.25, 0.3) is 5.91 Å². The van der Waals surface area contributed by atoms with Crippen molar-refractivity contribution in [2.75, 3.05) is 7.11 Å². The van der Waals surface area contributed by atoms with E-state index in [-0.39, 0.29) is 5.91 Å². The number of rotatable bonds is 5. The van der Waals surface area contributed by atoms with Crippen LogP contribution in [0.5, 0.6) is 5.75 Å². The molecule has 2 aromatic carbocycles. The number of amides is 1. The van der Waals surface area contributed by atoms with Gasteiger partial charge in [-0.2, -0.15) is 4.99 Å². The summed E-state index contributed by atoms with van der Waals surface area (Å²) in [6, 6.07) is 10.7. The first-order valence-electron chi connectivity index (χ1n) is 9.00. The monoisotopic (exact) mass is 512 g/mol. The molecule has 0 spiro atoms. The van der Waals surface area contributed by atoms with Crippen LogP contribution in [0.1, 0.15) is 29.1 Å². The molecule has 29 heavy (non-hydrogen) atoms. The number of carbonyl (C=O) groups is 1. The smallest absolute Gasteiger partial charge is 0.279 e. The van der Waals surface area contributed by atoms with E-state index in [1.165, 1.54) is 11.3 Å². The highest BCUT2D eigenvalue weighted by Crippen LogP contribution is 2.32. The van der Waals surface area contributed by atoms with Gasteiger partial charge in [0.05, 0.1) is 27.3 Å². The largest absolute Gasteiger partial charge is 0.496 e. The molecule has 0 saturated carbocycles. The molecule has 3 aromatic rings. The Kier molecular flexibility index (Phi) is 7.22. The van der Waals surface area contributed by atoms with Crippen LogP contribution in [-0.2, 0) is 13.0 Å². The number of benzene rings is 2. The first-order chi connectivity index (χ1) is 13.9. The highest BCUT2D eigenvalue weighted by molar-refractivity contribution is 9.10. The van der Waals surface area contributed by atoms with Crippen molar-refractivity contribution in [1.29, 1.82) is 0 Å². The molecular formula is C21H19BrCl2N2O2S. The summed E-state index contributed by atoms with van der Waals surface area (Å²) in [5, 5.41) is 1.01. The van der Waals surface area contributed by atoms with Crippen LogP contribution >= 0.6 is 50.5 Å². The van der Waals surface area contributed by atoms with Crippen molar-refractivity contribution in [2.24, 2.45) is 4.99 Å². The summed E-state index contributed by atoms with van der Waals surface area (Å²) < 4.78 is 7.97. The molecule has 1 amide bonds. The van der Waals surface area contributed by atoms with Gasteiger partial charge >= 0.3 is 0 Å². The molecule has 1 heterocycles. The topological polar surface area (TPSA) is 43.6 Å². The summed E-state index contributed by atoms with van der Waals surface area (Å²) in [7, 11) is 1.58. The minimum Gasteiger partial charge on any atom is -0.496 e. The van der Waals surface area contributed by atoms with Gasteiger partial charge in [0.15, 0.2) is 4.80 Å². The summed E-state index contributed by atoms with van der Waals surface area (Å²) in [5.41, 5.74) is 2.46. The molecule has 0 aliphatic rings. The van der Waals surface area contributed by atoms with Crippen molar-refractivity contribution in [3.05, 3.63) is 66.2 Å². The second-order valence-electron chi connectivity index (χ2n) is 6.15. The Bertz CT molecular complexity index is 1140. The summed E-state index contributed by atoms with van der Waals surface area (Å²) >= 11 is 17.2. The molecule has 1 aromatic heterocycles. The van der Waals surface area contributed by atoms with Crippen molar-refractivity contribution in [3.8, 4) is 17.0 Å². The molecule has 8 heteroatoms. The van der Waals surface area contributed by atoms with Gasteiger partial charge in [-0.25, -0.2) is 0 Å². The van der Waals surface area contributed by atoms with Crippen LogP contribution in [-0.4, -0.2) is 17.6 Å². The first kappa shape index (κ1) is 22.1. The third-order valence-corrected chi connectivity index (χ3v) is 6.99. The molecule has 152 valence electrons. The van der Waals surface area contributed by atoms with E-state index in [0.717, 1.165) is 22.6 Å². The Hall–Kier alpha value is -1.60. The maximum atomic E-state index is 12.8. The number of ether oxygens (including phenoxy) is 1. The fraction of sp³-hybridized carbons (Fsp3) is 0.238. The van der Waals surface area contributed by atoms with Gasteiger partial charge in [-0.3, -0.25) is 4.79 Å². The zero-order valence-electron chi connectivity index (χ0n) is 16.1. The maximum absolute atomic E-state index is 12.8. The lowest BCUT2D eigenvalue weighted by atomic mass is 10.1. The van der Waals surface area contributed by atoms with Crippen LogP contribution in [0, 0.1) is 0 Å². The Balaban J connectivity index is 2.12. The van der Waals surface area contributed by atoms with Crippen molar-refractivity contribution in [3.63, 3.8) is 0 Å². The molecule has 0 unspecified atom stereocenters. The van der Waals surface area contributed by atoms with Gasteiger partial charge in [0, 0.05) is 22.5 Å². The molecule has 0 radical (unpaired) electrons. The van der Waals surface area contributed by atoms with Crippen molar-refractivity contribution < 1.29 is 9.53 Å². The minimum absolute atomic E-state index is 0.305. The Morgan fingerprint density at radius 2 is 1.93 bits per heavy atom. The number of hydrogen-bond acceptors (Lipinski definition) is 3. The van der Waals surface area contributed by atoms with Gasteiger partial charge in [0.1, 0.15) is 5.75 Å². The molecular weight excluding hydrogens is 495 g/mol. The number of thiazole rings is 1. The van der Waals surface area contributed by atoms with Gasteiger partial charge in [0.2, 0.25) is 0 Å². The normalized spacial score (nSPS) is 11.7. The summed E-state index contributed by atoms with van der Waals surface area (Å²) in [5.74, 6) is 0.358. The Morgan fingerprint density at radius 3 is 2.52 bits per heavy atom. The Labute approximate surface area is 191 Å². The zero-order valence-corrected chi connectivity index (χ0v) is 20.0. The predicted octanol–water partition coefficient (Wildman–Crippen LogP) is 6.62. The SMILES string of the molecule is CCc1sc(=NC(=O)c2ccc(OC)c(Br)c2)n(CC)c1-c1ccc(Cl)c(Cl)c1. The fourth-order valence-electron chi connectivity index (χ4n) is 2.99. The Morgan fingerprint density at radius 1 is 1.17 bits per heavy atom. The van der Waals surface area contributed by atoms with Gasteiger partial charge in [-0.1, -0.05) is 36.2 Å². The fourth-order valence-corrected chi connectivity index (χ4v) is 4.97. The molecule has 0 N–H and O–H groups in total.